The van der Waals surface area contributed by atoms with Crippen LogP contribution in [0.5, 0.6) is 0 Å². The number of hydrogen-bond acceptors (Lipinski definition) is 2. The molecule has 2 heteroatoms. The Balaban J connectivity index is 2.21. The molecule has 1 N–H and O–H groups in total. The number of hydrogen-bond donors (Lipinski definition) is 1. The Kier molecular flexibility index (Phi) is 3.85. The van der Waals surface area contributed by atoms with E-state index in [4.69, 9.17) is 4.74 Å². The minimum absolute atomic E-state index is 0.343. The van der Waals surface area contributed by atoms with Gasteiger partial charge in [-0.2, -0.15) is 0 Å². The summed E-state index contributed by atoms with van der Waals surface area (Å²) in [5, 5.41) is 10.6. The van der Waals surface area contributed by atoms with E-state index in [-0.39, 0.29) is 5.60 Å². The predicted octanol–water partition coefficient (Wildman–Crippen LogP) is 3.38. The largest absolute Gasteiger partial charge is 0.385 e. The number of aliphatic hydroxyl groups excluding tert-OH is 1. The zero-order valence-corrected chi connectivity index (χ0v) is 10.8. The highest BCUT2D eigenvalue weighted by Gasteiger charge is 2.42. The SMILES string of the molecule is CCOC1(C(O)c2ccc(C)cc2)CCCC1. The van der Waals surface area contributed by atoms with Crippen molar-refractivity contribution in [2.24, 2.45) is 0 Å². The highest BCUT2D eigenvalue weighted by molar-refractivity contribution is 5.25. The third-order valence-electron chi connectivity index (χ3n) is 3.77. The maximum atomic E-state index is 10.6. The highest BCUT2D eigenvalue weighted by Crippen LogP contribution is 2.42. The summed E-state index contributed by atoms with van der Waals surface area (Å²) in [7, 11) is 0. The molecular formula is C15H22O2. The van der Waals surface area contributed by atoms with Gasteiger partial charge in [0.1, 0.15) is 6.10 Å². The summed E-state index contributed by atoms with van der Waals surface area (Å²) in [5.74, 6) is 0. The Bertz CT molecular complexity index is 350. The Labute approximate surface area is 104 Å². The first-order chi connectivity index (χ1) is 8.18. The molecule has 0 heterocycles. The van der Waals surface area contributed by atoms with Gasteiger partial charge in [-0.15, -0.1) is 0 Å². The fourth-order valence-electron chi connectivity index (χ4n) is 2.81. The molecule has 0 aliphatic heterocycles. The molecule has 0 aromatic heterocycles. The molecule has 1 atom stereocenters. The molecule has 2 nitrogen and oxygen atoms in total. The number of ether oxygens (including phenoxy) is 1. The summed E-state index contributed by atoms with van der Waals surface area (Å²) >= 11 is 0. The number of rotatable bonds is 4. The lowest BCUT2D eigenvalue weighted by Crippen LogP contribution is -2.36. The van der Waals surface area contributed by atoms with Crippen molar-refractivity contribution in [3.05, 3.63) is 35.4 Å². The smallest absolute Gasteiger partial charge is 0.108 e. The number of benzene rings is 1. The van der Waals surface area contributed by atoms with E-state index in [1.807, 2.05) is 31.2 Å². The summed E-state index contributed by atoms with van der Waals surface area (Å²) in [6.45, 7) is 4.73. The lowest BCUT2D eigenvalue weighted by Gasteiger charge is -2.34. The monoisotopic (exact) mass is 234 g/mol. The molecule has 0 spiro atoms. The van der Waals surface area contributed by atoms with Crippen molar-refractivity contribution >= 4 is 0 Å². The van der Waals surface area contributed by atoms with Crippen LogP contribution in [0.4, 0.5) is 0 Å². The normalized spacial score (nSPS) is 20.4. The van der Waals surface area contributed by atoms with Gasteiger partial charge >= 0.3 is 0 Å². The quantitative estimate of drug-likeness (QED) is 0.865. The van der Waals surface area contributed by atoms with Gasteiger partial charge in [-0.1, -0.05) is 42.7 Å². The molecule has 1 saturated carbocycles. The number of aliphatic hydroxyl groups is 1. The molecule has 1 aromatic rings. The Morgan fingerprint density at radius 1 is 1.24 bits per heavy atom. The van der Waals surface area contributed by atoms with Gasteiger partial charge in [0.05, 0.1) is 5.60 Å². The van der Waals surface area contributed by atoms with Gasteiger partial charge < -0.3 is 9.84 Å². The van der Waals surface area contributed by atoms with Gasteiger partial charge in [-0.3, -0.25) is 0 Å². The molecule has 1 aromatic carbocycles. The molecule has 1 aliphatic rings. The van der Waals surface area contributed by atoms with Gasteiger partial charge in [0.15, 0.2) is 0 Å². The van der Waals surface area contributed by atoms with Gasteiger partial charge in [-0.05, 0) is 32.3 Å². The van der Waals surface area contributed by atoms with Crippen LogP contribution in [-0.2, 0) is 4.74 Å². The van der Waals surface area contributed by atoms with Crippen molar-refractivity contribution in [3.63, 3.8) is 0 Å². The summed E-state index contributed by atoms with van der Waals surface area (Å²) in [6.07, 6.45) is 3.75. The third kappa shape index (κ3) is 2.53. The van der Waals surface area contributed by atoms with E-state index in [0.717, 1.165) is 31.2 Å². The van der Waals surface area contributed by atoms with Gasteiger partial charge in [0.25, 0.3) is 0 Å². The Hall–Kier alpha value is -0.860. The van der Waals surface area contributed by atoms with Crippen LogP contribution in [0, 0.1) is 6.92 Å². The van der Waals surface area contributed by atoms with Crippen LogP contribution in [0.3, 0.4) is 0 Å². The van der Waals surface area contributed by atoms with Crippen LogP contribution in [0.2, 0.25) is 0 Å². The molecule has 2 rings (SSSR count). The van der Waals surface area contributed by atoms with E-state index in [2.05, 4.69) is 6.92 Å². The average Bonchev–Trinajstić information content (AvgIpc) is 2.79. The van der Waals surface area contributed by atoms with E-state index in [0.29, 0.717) is 6.61 Å². The molecule has 0 bridgehead atoms. The van der Waals surface area contributed by atoms with Crippen molar-refractivity contribution in [2.75, 3.05) is 6.61 Å². The van der Waals surface area contributed by atoms with Crippen LogP contribution >= 0.6 is 0 Å². The molecule has 0 amide bonds. The van der Waals surface area contributed by atoms with E-state index in [1.54, 1.807) is 0 Å². The fourth-order valence-corrected chi connectivity index (χ4v) is 2.81. The molecule has 1 aliphatic carbocycles. The minimum atomic E-state index is -0.495. The second-order valence-corrected chi connectivity index (χ2v) is 5.02. The van der Waals surface area contributed by atoms with E-state index >= 15 is 0 Å². The molecule has 0 radical (unpaired) electrons. The van der Waals surface area contributed by atoms with E-state index < -0.39 is 6.10 Å². The minimum Gasteiger partial charge on any atom is -0.385 e. The second kappa shape index (κ2) is 5.19. The zero-order chi connectivity index (χ0) is 12.3. The van der Waals surface area contributed by atoms with E-state index in [9.17, 15) is 5.11 Å². The summed E-state index contributed by atoms with van der Waals surface area (Å²) in [4.78, 5) is 0. The van der Waals surface area contributed by atoms with Crippen molar-refractivity contribution in [2.45, 2.75) is 51.2 Å². The maximum absolute atomic E-state index is 10.6. The summed E-state index contributed by atoms with van der Waals surface area (Å²) in [6, 6.07) is 8.12. The standard InChI is InChI=1S/C15H22O2/c1-3-17-15(10-4-5-11-15)14(16)13-8-6-12(2)7-9-13/h6-9,14,16H,3-5,10-11H2,1-2H3. The fraction of sp³-hybridized carbons (Fsp3) is 0.600. The maximum Gasteiger partial charge on any atom is 0.108 e. The number of aryl methyl sites for hydroxylation is 1. The molecule has 1 unspecified atom stereocenters. The molecule has 1 fully saturated rings. The second-order valence-electron chi connectivity index (χ2n) is 5.02. The van der Waals surface area contributed by atoms with Crippen LogP contribution in [-0.4, -0.2) is 17.3 Å². The molecule has 0 saturated heterocycles. The Morgan fingerprint density at radius 3 is 2.35 bits per heavy atom. The topological polar surface area (TPSA) is 29.5 Å². The lowest BCUT2D eigenvalue weighted by molar-refractivity contribution is -0.118. The van der Waals surface area contributed by atoms with Crippen LogP contribution in [0.1, 0.15) is 49.8 Å². The molecule has 94 valence electrons. The van der Waals surface area contributed by atoms with Crippen LogP contribution in [0.15, 0.2) is 24.3 Å². The van der Waals surface area contributed by atoms with Crippen LogP contribution in [0.25, 0.3) is 0 Å². The predicted molar refractivity (Wildman–Crippen MR) is 69.0 cm³/mol. The average molecular weight is 234 g/mol. The lowest BCUT2D eigenvalue weighted by atomic mass is 9.89. The third-order valence-corrected chi connectivity index (χ3v) is 3.77. The zero-order valence-electron chi connectivity index (χ0n) is 10.8. The first-order valence-corrected chi connectivity index (χ1v) is 6.56. The first-order valence-electron chi connectivity index (χ1n) is 6.56. The summed E-state index contributed by atoms with van der Waals surface area (Å²) < 4.78 is 5.89. The van der Waals surface area contributed by atoms with Crippen molar-refractivity contribution < 1.29 is 9.84 Å². The van der Waals surface area contributed by atoms with Crippen molar-refractivity contribution in [1.29, 1.82) is 0 Å². The highest BCUT2D eigenvalue weighted by atomic mass is 16.5. The first kappa shape index (κ1) is 12.6. The van der Waals surface area contributed by atoms with E-state index in [1.165, 1.54) is 5.56 Å². The Morgan fingerprint density at radius 2 is 1.82 bits per heavy atom. The molecule has 17 heavy (non-hydrogen) atoms. The van der Waals surface area contributed by atoms with Gasteiger partial charge in [-0.25, -0.2) is 0 Å². The molecular weight excluding hydrogens is 212 g/mol. The van der Waals surface area contributed by atoms with Gasteiger partial charge in [0, 0.05) is 6.61 Å². The van der Waals surface area contributed by atoms with Crippen molar-refractivity contribution in [1.82, 2.24) is 0 Å². The van der Waals surface area contributed by atoms with Gasteiger partial charge in [0.2, 0.25) is 0 Å². The van der Waals surface area contributed by atoms with Crippen molar-refractivity contribution in [3.8, 4) is 0 Å². The summed E-state index contributed by atoms with van der Waals surface area (Å²) in [5.41, 5.74) is 1.85. The van der Waals surface area contributed by atoms with Crippen LogP contribution < -0.4 is 0 Å².